The van der Waals surface area contributed by atoms with Crippen LogP contribution in [0, 0.1) is 0 Å². The average Bonchev–Trinajstić information content (AvgIpc) is 3.47. The first kappa shape index (κ1) is 24.8. The zero-order chi connectivity index (χ0) is 28.0. The van der Waals surface area contributed by atoms with Crippen molar-refractivity contribution in [2.75, 3.05) is 0 Å². The summed E-state index contributed by atoms with van der Waals surface area (Å²) in [5.41, 5.74) is 8.97. The summed E-state index contributed by atoms with van der Waals surface area (Å²) in [6.45, 7) is 0. The van der Waals surface area contributed by atoms with Crippen molar-refractivity contribution in [2.24, 2.45) is 0 Å². The van der Waals surface area contributed by atoms with E-state index >= 15 is 0 Å². The second kappa shape index (κ2) is 10.2. The molecule has 0 saturated heterocycles. The van der Waals surface area contributed by atoms with Crippen molar-refractivity contribution < 1.29 is 4.42 Å². The molecule has 198 valence electrons. The predicted octanol–water partition coefficient (Wildman–Crippen LogP) is 12.2. The Kier molecular flexibility index (Phi) is 6.01. The molecule has 1 nitrogen and oxygen atoms in total. The first-order chi connectivity index (χ1) is 20.7. The van der Waals surface area contributed by atoms with Gasteiger partial charge in [0.2, 0.25) is 0 Å². The molecule has 0 radical (unpaired) electrons. The van der Waals surface area contributed by atoms with E-state index < -0.39 is 0 Å². The quantitative estimate of drug-likeness (QED) is 0.183. The zero-order valence-electron chi connectivity index (χ0n) is 22.7. The molecule has 0 spiro atoms. The SMILES string of the molecule is Brc1ccc(-c2c(-c3ccccc3)oc3c4cc(-c5ccccc5)ccc4c4ccc(-c5ccccc5)cc4c23)cc1. The van der Waals surface area contributed by atoms with Crippen LogP contribution < -0.4 is 0 Å². The van der Waals surface area contributed by atoms with E-state index in [1.54, 1.807) is 0 Å². The van der Waals surface area contributed by atoms with Crippen LogP contribution in [-0.2, 0) is 0 Å². The Balaban J connectivity index is 1.55. The Morgan fingerprint density at radius 2 is 0.857 bits per heavy atom. The van der Waals surface area contributed by atoms with Gasteiger partial charge in [0.05, 0.1) is 0 Å². The lowest BCUT2D eigenvalue weighted by Crippen LogP contribution is -1.86. The Labute approximate surface area is 252 Å². The molecule has 7 aromatic carbocycles. The van der Waals surface area contributed by atoms with E-state index in [0.29, 0.717) is 0 Å². The van der Waals surface area contributed by atoms with Crippen LogP contribution >= 0.6 is 15.9 Å². The molecular weight excluding hydrogens is 576 g/mol. The molecule has 8 aromatic rings. The van der Waals surface area contributed by atoms with Gasteiger partial charge in [0, 0.05) is 26.4 Å². The van der Waals surface area contributed by atoms with E-state index in [1.165, 1.54) is 38.4 Å². The summed E-state index contributed by atoms with van der Waals surface area (Å²) in [5, 5.41) is 5.85. The third-order valence-electron chi connectivity index (χ3n) is 8.13. The maximum absolute atomic E-state index is 7.02. The number of fused-ring (bicyclic) bond motifs is 6. The van der Waals surface area contributed by atoms with Gasteiger partial charge in [0.25, 0.3) is 0 Å². The van der Waals surface area contributed by atoms with Crippen LogP contribution in [-0.4, -0.2) is 0 Å². The summed E-state index contributed by atoms with van der Waals surface area (Å²) in [6, 6.07) is 53.8. The standard InChI is InChI=1S/C40H25BrO/c41-32-20-16-28(17-21-32)37-38-35-24-30(26-10-4-1-5-11-26)18-22-33(35)34-23-19-31(27-12-6-2-7-13-27)25-36(34)40(38)42-39(37)29-14-8-3-9-15-29/h1-25H. The van der Waals surface area contributed by atoms with E-state index in [4.69, 9.17) is 4.42 Å². The van der Waals surface area contributed by atoms with Gasteiger partial charge in [-0.1, -0.05) is 143 Å². The minimum Gasteiger partial charge on any atom is -0.455 e. The van der Waals surface area contributed by atoms with Gasteiger partial charge in [0.15, 0.2) is 0 Å². The van der Waals surface area contributed by atoms with Gasteiger partial charge in [-0.15, -0.1) is 0 Å². The first-order valence-electron chi connectivity index (χ1n) is 14.1. The fourth-order valence-corrected chi connectivity index (χ4v) is 6.40. The second-order valence-electron chi connectivity index (χ2n) is 10.6. The molecule has 0 amide bonds. The molecule has 1 heterocycles. The van der Waals surface area contributed by atoms with Gasteiger partial charge < -0.3 is 4.42 Å². The summed E-state index contributed by atoms with van der Waals surface area (Å²) in [5.74, 6) is 0.886. The molecule has 42 heavy (non-hydrogen) atoms. The molecule has 0 unspecified atom stereocenters. The third-order valence-corrected chi connectivity index (χ3v) is 8.66. The summed E-state index contributed by atoms with van der Waals surface area (Å²) in [6.07, 6.45) is 0. The first-order valence-corrected chi connectivity index (χ1v) is 14.9. The van der Waals surface area contributed by atoms with Gasteiger partial charge in [-0.25, -0.2) is 0 Å². The Bertz CT molecular complexity index is 2210. The summed E-state index contributed by atoms with van der Waals surface area (Å²) in [4.78, 5) is 0. The highest BCUT2D eigenvalue weighted by Gasteiger charge is 2.23. The Hall–Kier alpha value is -4.92. The minimum atomic E-state index is 0.886. The highest BCUT2D eigenvalue weighted by atomic mass is 79.9. The summed E-state index contributed by atoms with van der Waals surface area (Å²) < 4.78 is 8.07. The van der Waals surface area contributed by atoms with Crippen molar-refractivity contribution in [1.82, 2.24) is 0 Å². The molecule has 0 N–H and O–H groups in total. The maximum Gasteiger partial charge on any atom is 0.143 e. The van der Waals surface area contributed by atoms with Gasteiger partial charge >= 0.3 is 0 Å². The highest BCUT2D eigenvalue weighted by Crippen LogP contribution is 2.48. The third kappa shape index (κ3) is 4.15. The van der Waals surface area contributed by atoms with Crippen molar-refractivity contribution in [2.45, 2.75) is 0 Å². The van der Waals surface area contributed by atoms with E-state index in [1.807, 2.05) is 0 Å². The minimum absolute atomic E-state index is 0.886. The smallest absolute Gasteiger partial charge is 0.143 e. The molecule has 0 aliphatic heterocycles. The van der Waals surface area contributed by atoms with Crippen molar-refractivity contribution in [3.05, 3.63) is 156 Å². The lowest BCUT2D eigenvalue weighted by molar-refractivity contribution is 0.636. The topological polar surface area (TPSA) is 13.1 Å². The van der Waals surface area contributed by atoms with Crippen LogP contribution in [0.2, 0.25) is 0 Å². The molecular formula is C40H25BrO. The number of hydrogen-bond donors (Lipinski definition) is 0. The number of hydrogen-bond acceptors (Lipinski definition) is 1. The molecule has 1 aromatic heterocycles. The molecule has 0 atom stereocenters. The van der Waals surface area contributed by atoms with Gasteiger partial charge in [-0.2, -0.15) is 0 Å². The van der Waals surface area contributed by atoms with E-state index in [9.17, 15) is 0 Å². The van der Waals surface area contributed by atoms with Crippen LogP contribution in [0.4, 0.5) is 0 Å². The molecule has 0 aliphatic carbocycles. The lowest BCUT2D eigenvalue weighted by Gasteiger charge is -2.12. The number of rotatable bonds is 4. The molecule has 0 aliphatic rings. The average molecular weight is 602 g/mol. The fourth-order valence-electron chi connectivity index (χ4n) is 6.14. The van der Waals surface area contributed by atoms with Crippen LogP contribution in [0.25, 0.3) is 77.2 Å². The number of halogens is 1. The van der Waals surface area contributed by atoms with E-state index in [-0.39, 0.29) is 0 Å². The zero-order valence-corrected chi connectivity index (χ0v) is 24.3. The summed E-state index contributed by atoms with van der Waals surface area (Å²) in [7, 11) is 0. The molecule has 0 bridgehead atoms. The van der Waals surface area contributed by atoms with Gasteiger partial charge in [-0.3, -0.25) is 0 Å². The molecule has 8 rings (SSSR count). The Morgan fingerprint density at radius 3 is 1.43 bits per heavy atom. The molecule has 0 fully saturated rings. The van der Waals surface area contributed by atoms with Crippen LogP contribution in [0.15, 0.2) is 161 Å². The van der Waals surface area contributed by atoms with Crippen molar-refractivity contribution in [3.8, 4) is 44.7 Å². The van der Waals surface area contributed by atoms with Crippen molar-refractivity contribution in [3.63, 3.8) is 0 Å². The van der Waals surface area contributed by atoms with Crippen molar-refractivity contribution in [1.29, 1.82) is 0 Å². The second-order valence-corrected chi connectivity index (χ2v) is 11.6. The molecule has 2 heteroatoms. The number of benzene rings is 7. The van der Waals surface area contributed by atoms with E-state index in [0.717, 1.165) is 43.3 Å². The Morgan fingerprint density at radius 1 is 0.381 bits per heavy atom. The summed E-state index contributed by atoms with van der Waals surface area (Å²) >= 11 is 3.64. The highest BCUT2D eigenvalue weighted by molar-refractivity contribution is 9.10. The van der Waals surface area contributed by atoms with Gasteiger partial charge in [-0.05, 0) is 68.2 Å². The van der Waals surface area contributed by atoms with Crippen LogP contribution in [0.3, 0.4) is 0 Å². The van der Waals surface area contributed by atoms with E-state index in [2.05, 4.69) is 168 Å². The lowest BCUT2D eigenvalue weighted by atomic mass is 9.90. The normalized spacial score (nSPS) is 11.5. The molecule has 0 saturated carbocycles. The predicted molar refractivity (Wildman–Crippen MR) is 181 cm³/mol. The van der Waals surface area contributed by atoms with Crippen molar-refractivity contribution >= 4 is 48.4 Å². The maximum atomic E-state index is 7.02. The van der Waals surface area contributed by atoms with Gasteiger partial charge in [0.1, 0.15) is 11.3 Å². The fraction of sp³-hybridized carbons (Fsp3) is 0. The van der Waals surface area contributed by atoms with Crippen LogP contribution in [0.5, 0.6) is 0 Å². The van der Waals surface area contributed by atoms with Crippen LogP contribution in [0.1, 0.15) is 0 Å². The largest absolute Gasteiger partial charge is 0.455 e. The number of furan rings is 1. The monoisotopic (exact) mass is 600 g/mol.